The molecule has 1 spiro atoms. The number of benzene rings is 2. The van der Waals surface area contributed by atoms with Crippen molar-refractivity contribution >= 4 is 5.91 Å². The standard InChI is InChI=1S/C26H30N4O2/c1-19-22(20-8-4-3-5-9-20)17-30(28-19)18-25(31)27-23-16-26(12-14-29(2)15-13-26)32-24-11-7-6-10-21(23)24/h3-11,17,23H,12-16,18H2,1-2H3,(H,27,31). The summed E-state index contributed by atoms with van der Waals surface area (Å²) in [5, 5.41) is 7.86. The number of carbonyl (C=O) groups excluding carboxylic acids is 1. The summed E-state index contributed by atoms with van der Waals surface area (Å²) in [6.07, 6.45) is 4.71. The van der Waals surface area contributed by atoms with Gasteiger partial charge in [0.2, 0.25) is 5.91 Å². The fourth-order valence-electron chi connectivity index (χ4n) is 4.97. The zero-order chi connectivity index (χ0) is 22.1. The van der Waals surface area contributed by atoms with E-state index in [4.69, 9.17) is 4.74 Å². The second-order valence-electron chi connectivity index (χ2n) is 9.14. The number of para-hydroxylation sites is 1. The number of nitrogens with one attached hydrogen (secondary N) is 1. The molecule has 1 fully saturated rings. The highest BCUT2D eigenvalue weighted by Crippen LogP contribution is 2.44. The highest BCUT2D eigenvalue weighted by molar-refractivity contribution is 5.77. The molecule has 1 saturated heterocycles. The molecule has 166 valence electrons. The summed E-state index contributed by atoms with van der Waals surface area (Å²) in [5.74, 6) is 0.867. The van der Waals surface area contributed by atoms with Gasteiger partial charge in [-0.1, -0.05) is 48.5 Å². The van der Waals surface area contributed by atoms with Gasteiger partial charge >= 0.3 is 0 Å². The molecule has 0 bridgehead atoms. The predicted molar refractivity (Wildman–Crippen MR) is 124 cm³/mol. The monoisotopic (exact) mass is 430 g/mol. The molecule has 5 rings (SSSR count). The van der Waals surface area contributed by atoms with E-state index in [0.29, 0.717) is 0 Å². The van der Waals surface area contributed by atoms with Gasteiger partial charge in [0.15, 0.2) is 0 Å². The summed E-state index contributed by atoms with van der Waals surface area (Å²) in [4.78, 5) is 15.4. The van der Waals surface area contributed by atoms with Crippen LogP contribution < -0.4 is 10.1 Å². The van der Waals surface area contributed by atoms with Gasteiger partial charge in [-0.25, -0.2) is 0 Å². The van der Waals surface area contributed by atoms with Gasteiger partial charge in [0.05, 0.1) is 11.7 Å². The van der Waals surface area contributed by atoms with Gasteiger partial charge in [-0.05, 0) is 38.4 Å². The first-order valence-corrected chi connectivity index (χ1v) is 11.4. The first-order chi connectivity index (χ1) is 15.5. The molecule has 6 heteroatoms. The minimum Gasteiger partial charge on any atom is -0.487 e. The summed E-state index contributed by atoms with van der Waals surface area (Å²) < 4.78 is 8.25. The zero-order valence-electron chi connectivity index (χ0n) is 18.8. The van der Waals surface area contributed by atoms with Gasteiger partial charge in [-0.15, -0.1) is 0 Å². The SMILES string of the molecule is Cc1nn(CC(=O)NC2CC3(CCN(C)CC3)Oc3ccccc32)cc1-c1ccccc1. The van der Waals surface area contributed by atoms with Crippen molar-refractivity contribution in [2.75, 3.05) is 20.1 Å². The number of hydrogen-bond donors (Lipinski definition) is 1. The zero-order valence-corrected chi connectivity index (χ0v) is 18.8. The van der Waals surface area contributed by atoms with Crippen molar-refractivity contribution in [3.8, 4) is 16.9 Å². The molecule has 1 atom stereocenters. The van der Waals surface area contributed by atoms with Crippen LogP contribution in [0.4, 0.5) is 0 Å². The number of piperidine rings is 1. The number of amides is 1. The number of aromatic nitrogens is 2. The van der Waals surface area contributed by atoms with Crippen LogP contribution in [-0.2, 0) is 11.3 Å². The predicted octanol–water partition coefficient (Wildman–Crippen LogP) is 3.96. The molecule has 2 aliphatic heterocycles. The largest absolute Gasteiger partial charge is 0.487 e. The molecule has 2 aromatic carbocycles. The quantitative estimate of drug-likeness (QED) is 0.681. The maximum Gasteiger partial charge on any atom is 0.242 e. The molecule has 6 nitrogen and oxygen atoms in total. The molecule has 0 radical (unpaired) electrons. The minimum atomic E-state index is -0.207. The van der Waals surface area contributed by atoms with Crippen LogP contribution in [0.5, 0.6) is 5.75 Å². The molecule has 0 aliphatic carbocycles. The molecular formula is C26H30N4O2. The molecule has 1 aromatic heterocycles. The molecule has 32 heavy (non-hydrogen) atoms. The van der Waals surface area contributed by atoms with Gasteiger partial charge in [0.25, 0.3) is 0 Å². The Labute approximate surface area is 189 Å². The number of rotatable bonds is 4. The number of ether oxygens (including phenoxy) is 1. The molecule has 1 unspecified atom stereocenters. The van der Waals surface area contributed by atoms with Crippen LogP contribution in [0.25, 0.3) is 11.1 Å². The molecule has 2 aliphatic rings. The number of likely N-dealkylation sites (tertiary alicyclic amines) is 1. The van der Waals surface area contributed by atoms with E-state index in [1.165, 1.54) is 0 Å². The van der Waals surface area contributed by atoms with Gasteiger partial charge in [-0.2, -0.15) is 5.10 Å². The van der Waals surface area contributed by atoms with Crippen LogP contribution in [0.15, 0.2) is 60.8 Å². The first kappa shape index (κ1) is 20.8. The minimum absolute atomic E-state index is 0.0307. The van der Waals surface area contributed by atoms with Crippen molar-refractivity contribution in [3.05, 3.63) is 72.1 Å². The Bertz CT molecular complexity index is 1100. The molecule has 3 aromatic rings. The third-order valence-electron chi connectivity index (χ3n) is 6.77. The van der Waals surface area contributed by atoms with E-state index in [2.05, 4.69) is 40.6 Å². The van der Waals surface area contributed by atoms with Crippen molar-refractivity contribution in [3.63, 3.8) is 0 Å². The molecule has 3 heterocycles. The summed E-state index contributed by atoms with van der Waals surface area (Å²) in [7, 11) is 2.15. The van der Waals surface area contributed by atoms with Crippen LogP contribution in [0, 0.1) is 6.92 Å². The maximum atomic E-state index is 13.0. The molecule has 1 N–H and O–H groups in total. The molecule has 1 amide bonds. The van der Waals surface area contributed by atoms with Gasteiger partial charge in [0.1, 0.15) is 17.9 Å². The number of fused-ring (bicyclic) bond motifs is 1. The maximum absolute atomic E-state index is 13.0. The summed E-state index contributed by atoms with van der Waals surface area (Å²) in [6, 6.07) is 18.2. The van der Waals surface area contributed by atoms with Gasteiger partial charge in [0, 0.05) is 36.8 Å². The van der Waals surface area contributed by atoms with Crippen LogP contribution >= 0.6 is 0 Å². The van der Waals surface area contributed by atoms with Crippen molar-refractivity contribution in [2.24, 2.45) is 0 Å². The van der Waals surface area contributed by atoms with E-state index < -0.39 is 0 Å². The lowest BCUT2D eigenvalue weighted by Gasteiger charge is -2.46. The Hall–Kier alpha value is -3.12. The topological polar surface area (TPSA) is 59.4 Å². The van der Waals surface area contributed by atoms with Crippen LogP contribution in [0.3, 0.4) is 0 Å². The number of hydrogen-bond acceptors (Lipinski definition) is 4. The van der Waals surface area contributed by atoms with Crippen molar-refractivity contribution in [1.82, 2.24) is 20.0 Å². The lowest BCUT2D eigenvalue weighted by Crippen LogP contribution is -2.51. The van der Waals surface area contributed by atoms with Crippen molar-refractivity contribution < 1.29 is 9.53 Å². The summed E-state index contributed by atoms with van der Waals surface area (Å²) >= 11 is 0. The fourth-order valence-corrected chi connectivity index (χ4v) is 4.97. The Morgan fingerprint density at radius 1 is 1.12 bits per heavy atom. The average molecular weight is 431 g/mol. The third-order valence-corrected chi connectivity index (χ3v) is 6.77. The van der Waals surface area contributed by atoms with Crippen LogP contribution in [0.1, 0.15) is 36.6 Å². The third kappa shape index (κ3) is 4.15. The Morgan fingerprint density at radius 2 is 1.84 bits per heavy atom. The van der Waals surface area contributed by atoms with E-state index in [1.807, 2.05) is 49.5 Å². The van der Waals surface area contributed by atoms with Crippen LogP contribution in [0.2, 0.25) is 0 Å². The highest BCUT2D eigenvalue weighted by atomic mass is 16.5. The van der Waals surface area contributed by atoms with E-state index >= 15 is 0 Å². The van der Waals surface area contributed by atoms with Crippen LogP contribution in [-0.4, -0.2) is 46.3 Å². The lowest BCUT2D eigenvalue weighted by molar-refractivity contribution is -0.123. The average Bonchev–Trinajstić information content (AvgIpc) is 3.16. The Balaban J connectivity index is 1.33. The van der Waals surface area contributed by atoms with E-state index in [0.717, 1.165) is 60.5 Å². The van der Waals surface area contributed by atoms with E-state index in [9.17, 15) is 4.79 Å². The van der Waals surface area contributed by atoms with Gasteiger partial charge in [-0.3, -0.25) is 9.48 Å². The number of nitrogens with zero attached hydrogens (tertiary/aromatic N) is 3. The number of aryl methyl sites for hydroxylation is 1. The second-order valence-corrected chi connectivity index (χ2v) is 9.14. The van der Waals surface area contributed by atoms with E-state index in [-0.39, 0.29) is 24.1 Å². The highest BCUT2D eigenvalue weighted by Gasteiger charge is 2.43. The molecule has 0 saturated carbocycles. The van der Waals surface area contributed by atoms with Crippen molar-refractivity contribution in [1.29, 1.82) is 0 Å². The Kier molecular flexibility index (Phi) is 5.47. The summed E-state index contributed by atoms with van der Waals surface area (Å²) in [5.41, 5.74) is 3.94. The molecular weight excluding hydrogens is 400 g/mol. The smallest absolute Gasteiger partial charge is 0.242 e. The lowest BCUT2D eigenvalue weighted by atomic mass is 9.80. The fraction of sp³-hybridized carbons (Fsp3) is 0.385. The van der Waals surface area contributed by atoms with Gasteiger partial charge < -0.3 is 15.0 Å². The number of carbonyl (C=O) groups is 1. The Morgan fingerprint density at radius 3 is 2.62 bits per heavy atom. The van der Waals surface area contributed by atoms with E-state index in [1.54, 1.807) is 4.68 Å². The normalized spacial score (nSPS) is 19.9. The summed E-state index contributed by atoms with van der Waals surface area (Å²) in [6.45, 7) is 4.20. The first-order valence-electron chi connectivity index (χ1n) is 11.4. The second kappa shape index (κ2) is 8.43. The van der Waals surface area contributed by atoms with Crippen molar-refractivity contribution in [2.45, 2.75) is 44.4 Å².